The van der Waals surface area contributed by atoms with Crippen LogP contribution in [-0.4, -0.2) is 29.0 Å². The predicted molar refractivity (Wildman–Crippen MR) is 96.2 cm³/mol. The summed E-state index contributed by atoms with van der Waals surface area (Å²) in [5.74, 6) is 0.804. The highest BCUT2D eigenvalue weighted by atomic mass is 19.1. The minimum Gasteiger partial charge on any atom is -0.457 e. The summed E-state index contributed by atoms with van der Waals surface area (Å²) in [4.78, 5) is 13.9. The van der Waals surface area contributed by atoms with E-state index in [0.29, 0.717) is 23.0 Å². The lowest BCUT2D eigenvalue weighted by Gasteiger charge is -2.10. The summed E-state index contributed by atoms with van der Waals surface area (Å²) < 4.78 is 19.5. The highest BCUT2D eigenvalue weighted by Gasteiger charge is 2.13. The van der Waals surface area contributed by atoms with Gasteiger partial charge in [0.1, 0.15) is 29.0 Å². The van der Waals surface area contributed by atoms with Gasteiger partial charge in [-0.2, -0.15) is 20.2 Å². The highest BCUT2D eigenvalue weighted by Crippen LogP contribution is 2.26. The molecule has 0 atom stereocenters. The van der Waals surface area contributed by atoms with Crippen molar-refractivity contribution in [1.82, 2.24) is 15.0 Å². The molecule has 130 valence electrons. The van der Waals surface area contributed by atoms with Gasteiger partial charge in [-0.1, -0.05) is 12.1 Å². The van der Waals surface area contributed by atoms with E-state index in [1.165, 1.54) is 12.1 Å². The molecule has 26 heavy (non-hydrogen) atoms. The standard InChI is InChI=1S/C18H15FN6O/c1-25(2)18-23-16(22-17(21)24-18)11(10-20)9-12-7-8-15(26-12)13-5-3-4-6-14(13)19/h3-9H,1-2H3,(H2,21,22,23,24)/b11-9+. The zero-order valence-corrected chi connectivity index (χ0v) is 14.1. The monoisotopic (exact) mass is 350 g/mol. The number of allylic oxidation sites excluding steroid dienone is 1. The number of hydrogen-bond acceptors (Lipinski definition) is 7. The van der Waals surface area contributed by atoms with Crippen molar-refractivity contribution >= 4 is 23.5 Å². The number of nitrogens with two attached hydrogens (primary N) is 1. The maximum absolute atomic E-state index is 13.9. The van der Waals surface area contributed by atoms with E-state index in [-0.39, 0.29) is 17.3 Å². The molecule has 0 bridgehead atoms. The lowest BCUT2D eigenvalue weighted by molar-refractivity contribution is 0.561. The van der Waals surface area contributed by atoms with E-state index in [9.17, 15) is 9.65 Å². The van der Waals surface area contributed by atoms with Crippen LogP contribution in [0.3, 0.4) is 0 Å². The summed E-state index contributed by atoms with van der Waals surface area (Å²) in [5, 5.41) is 9.45. The van der Waals surface area contributed by atoms with Crippen LogP contribution in [-0.2, 0) is 0 Å². The fourth-order valence-corrected chi connectivity index (χ4v) is 2.23. The van der Waals surface area contributed by atoms with Crippen molar-refractivity contribution in [3.05, 3.63) is 53.8 Å². The second kappa shape index (κ2) is 7.03. The number of nitriles is 1. The van der Waals surface area contributed by atoms with Gasteiger partial charge in [-0.15, -0.1) is 0 Å². The molecule has 2 aromatic heterocycles. The molecule has 0 aliphatic heterocycles. The quantitative estimate of drug-likeness (QED) is 0.721. The first-order chi connectivity index (χ1) is 12.5. The zero-order valence-electron chi connectivity index (χ0n) is 14.1. The number of hydrogen-bond donors (Lipinski definition) is 1. The van der Waals surface area contributed by atoms with Crippen molar-refractivity contribution in [2.75, 3.05) is 24.7 Å². The number of benzene rings is 1. The Morgan fingerprint density at radius 2 is 1.96 bits per heavy atom. The number of nitrogen functional groups attached to an aromatic ring is 1. The molecule has 0 amide bonds. The predicted octanol–water partition coefficient (Wildman–Crippen LogP) is 2.98. The van der Waals surface area contributed by atoms with Crippen LogP contribution >= 0.6 is 0 Å². The van der Waals surface area contributed by atoms with Crippen molar-refractivity contribution in [3.63, 3.8) is 0 Å². The Kier molecular flexibility index (Phi) is 4.62. The molecule has 0 aliphatic rings. The summed E-state index contributed by atoms with van der Waals surface area (Å²) >= 11 is 0. The average Bonchev–Trinajstić information content (AvgIpc) is 3.07. The van der Waals surface area contributed by atoms with Gasteiger partial charge in [0.15, 0.2) is 5.82 Å². The summed E-state index contributed by atoms with van der Waals surface area (Å²) in [7, 11) is 3.50. The van der Waals surface area contributed by atoms with Gasteiger partial charge < -0.3 is 15.1 Å². The third-order valence-corrected chi connectivity index (χ3v) is 3.45. The lowest BCUT2D eigenvalue weighted by Crippen LogP contribution is -2.15. The maximum atomic E-state index is 13.9. The fraction of sp³-hybridized carbons (Fsp3) is 0.111. The van der Waals surface area contributed by atoms with Crippen molar-refractivity contribution in [2.24, 2.45) is 0 Å². The van der Waals surface area contributed by atoms with Crippen molar-refractivity contribution in [1.29, 1.82) is 5.26 Å². The van der Waals surface area contributed by atoms with Gasteiger partial charge in [0.05, 0.1) is 5.56 Å². The Bertz CT molecular complexity index is 1020. The Balaban J connectivity index is 1.99. The Hall–Kier alpha value is -3.73. The molecule has 0 saturated carbocycles. The van der Waals surface area contributed by atoms with Crippen LogP contribution in [0.2, 0.25) is 0 Å². The molecule has 0 radical (unpaired) electrons. The van der Waals surface area contributed by atoms with E-state index in [1.54, 1.807) is 49.3 Å². The van der Waals surface area contributed by atoms with Crippen LogP contribution in [0.5, 0.6) is 0 Å². The summed E-state index contributed by atoms with van der Waals surface area (Å²) in [6.45, 7) is 0. The lowest BCUT2D eigenvalue weighted by atomic mass is 10.1. The minimum atomic E-state index is -0.390. The summed E-state index contributed by atoms with van der Waals surface area (Å²) in [6, 6.07) is 11.6. The molecular weight excluding hydrogens is 335 g/mol. The molecule has 8 heteroatoms. The maximum Gasteiger partial charge on any atom is 0.230 e. The Morgan fingerprint density at radius 3 is 2.65 bits per heavy atom. The van der Waals surface area contributed by atoms with E-state index < -0.39 is 5.82 Å². The number of nitrogens with zero attached hydrogens (tertiary/aromatic N) is 5. The van der Waals surface area contributed by atoms with Crippen LogP contribution in [0, 0.1) is 17.1 Å². The van der Waals surface area contributed by atoms with Crippen LogP contribution in [0.4, 0.5) is 16.3 Å². The highest BCUT2D eigenvalue weighted by molar-refractivity contribution is 5.86. The number of aromatic nitrogens is 3. The van der Waals surface area contributed by atoms with Gasteiger partial charge >= 0.3 is 0 Å². The van der Waals surface area contributed by atoms with E-state index in [0.717, 1.165) is 0 Å². The first-order valence-corrected chi connectivity index (χ1v) is 7.63. The van der Waals surface area contributed by atoms with Gasteiger partial charge in [-0.05, 0) is 24.3 Å². The van der Waals surface area contributed by atoms with E-state index in [2.05, 4.69) is 15.0 Å². The molecule has 1 aromatic carbocycles. The first-order valence-electron chi connectivity index (χ1n) is 7.63. The third-order valence-electron chi connectivity index (χ3n) is 3.45. The normalized spacial score (nSPS) is 11.2. The van der Waals surface area contributed by atoms with E-state index in [1.807, 2.05) is 6.07 Å². The van der Waals surface area contributed by atoms with Crippen LogP contribution in [0.25, 0.3) is 23.0 Å². The molecule has 3 aromatic rings. The smallest absolute Gasteiger partial charge is 0.230 e. The number of anilines is 2. The fourth-order valence-electron chi connectivity index (χ4n) is 2.23. The van der Waals surface area contributed by atoms with Gasteiger partial charge in [-0.25, -0.2) is 4.39 Å². The van der Waals surface area contributed by atoms with Gasteiger partial charge in [-0.3, -0.25) is 0 Å². The first kappa shape index (κ1) is 17.1. The Labute approximate surface area is 149 Å². The molecule has 7 nitrogen and oxygen atoms in total. The number of halogens is 1. The van der Waals surface area contributed by atoms with Gasteiger partial charge in [0, 0.05) is 20.2 Å². The molecular formula is C18H15FN6O. The molecule has 0 spiro atoms. The third kappa shape index (κ3) is 3.52. The molecule has 0 fully saturated rings. The molecule has 0 saturated heterocycles. The van der Waals surface area contributed by atoms with Crippen molar-refractivity contribution in [2.45, 2.75) is 0 Å². The SMILES string of the molecule is CN(C)c1nc(N)nc(/C(C#N)=C/c2ccc(-c3ccccc3F)o2)n1. The van der Waals surface area contributed by atoms with Crippen LogP contribution in [0.1, 0.15) is 11.6 Å². The molecule has 0 unspecified atom stereocenters. The summed E-state index contributed by atoms with van der Waals surface area (Å²) in [6.07, 6.45) is 1.47. The van der Waals surface area contributed by atoms with Crippen LogP contribution in [0.15, 0.2) is 40.8 Å². The number of rotatable bonds is 4. The van der Waals surface area contributed by atoms with Crippen LogP contribution < -0.4 is 10.6 Å². The molecule has 2 N–H and O–H groups in total. The number of furan rings is 1. The van der Waals surface area contributed by atoms with E-state index >= 15 is 0 Å². The van der Waals surface area contributed by atoms with Gasteiger partial charge in [0.25, 0.3) is 0 Å². The average molecular weight is 350 g/mol. The van der Waals surface area contributed by atoms with Crippen molar-refractivity contribution < 1.29 is 8.81 Å². The second-order valence-electron chi connectivity index (χ2n) is 5.56. The van der Waals surface area contributed by atoms with Gasteiger partial charge in [0.2, 0.25) is 11.9 Å². The minimum absolute atomic E-state index is 0.00587. The largest absolute Gasteiger partial charge is 0.457 e. The molecule has 0 aliphatic carbocycles. The summed E-state index contributed by atoms with van der Waals surface area (Å²) in [5.41, 5.74) is 6.18. The molecule has 3 rings (SSSR count). The topological polar surface area (TPSA) is 105 Å². The second-order valence-corrected chi connectivity index (χ2v) is 5.56. The zero-order chi connectivity index (χ0) is 18.7. The van der Waals surface area contributed by atoms with E-state index in [4.69, 9.17) is 10.2 Å². The van der Waals surface area contributed by atoms with Crippen molar-refractivity contribution in [3.8, 4) is 17.4 Å². The molecule has 2 heterocycles. The Morgan fingerprint density at radius 1 is 1.19 bits per heavy atom.